The summed E-state index contributed by atoms with van der Waals surface area (Å²) in [5.41, 5.74) is 0. The Labute approximate surface area is 142 Å². The maximum absolute atomic E-state index is 6.36. The molecule has 0 amide bonds. The van der Waals surface area contributed by atoms with Crippen LogP contribution < -0.4 is 0 Å². The average molecular weight is 328 g/mol. The number of rotatable bonds is 8. The quantitative estimate of drug-likeness (QED) is 0.681. The third kappa shape index (κ3) is 7.51. The van der Waals surface area contributed by atoms with Gasteiger partial charge in [-0.15, -0.1) is 0 Å². The Morgan fingerprint density at radius 1 is 0.783 bits per heavy atom. The summed E-state index contributed by atoms with van der Waals surface area (Å²) in [7, 11) is 0. The number of hydrogen-bond acceptors (Lipinski definition) is 4. The van der Waals surface area contributed by atoms with Crippen molar-refractivity contribution in [3.63, 3.8) is 0 Å². The highest BCUT2D eigenvalue weighted by molar-refractivity contribution is 4.78. The van der Waals surface area contributed by atoms with E-state index in [-0.39, 0.29) is 0 Å². The van der Waals surface area contributed by atoms with Crippen LogP contribution in [0.5, 0.6) is 0 Å². The summed E-state index contributed by atoms with van der Waals surface area (Å²) < 4.78 is 17.9. The van der Waals surface area contributed by atoms with Crippen LogP contribution in [0, 0.1) is 0 Å². The second-order valence-electron chi connectivity index (χ2n) is 7.68. The molecule has 0 spiro atoms. The highest BCUT2D eigenvalue weighted by Crippen LogP contribution is 2.27. The molecule has 0 aromatic rings. The van der Waals surface area contributed by atoms with E-state index in [9.17, 15) is 0 Å². The first-order chi connectivity index (χ1) is 11.0. The van der Waals surface area contributed by atoms with Gasteiger partial charge in [0.15, 0.2) is 0 Å². The molecule has 4 heteroatoms. The van der Waals surface area contributed by atoms with Crippen molar-refractivity contribution in [2.24, 2.45) is 0 Å². The monoisotopic (exact) mass is 327 g/mol. The van der Waals surface area contributed by atoms with Crippen LogP contribution in [0.4, 0.5) is 0 Å². The Morgan fingerprint density at radius 3 is 1.91 bits per heavy atom. The van der Waals surface area contributed by atoms with E-state index in [1.807, 2.05) is 0 Å². The molecule has 2 fully saturated rings. The van der Waals surface area contributed by atoms with Crippen LogP contribution in [0.15, 0.2) is 0 Å². The minimum atomic E-state index is 0.339. The molecule has 0 aromatic carbocycles. The van der Waals surface area contributed by atoms with Gasteiger partial charge in [0.25, 0.3) is 0 Å². The molecule has 0 atom stereocenters. The van der Waals surface area contributed by atoms with Crippen LogP contribution in [0.2, 0.25) is 0 Å². The summed E-state index contributed by atoms with van der Waals surface area (Å²) in [6.45, 7) is 12.7. The molecule has 1 saturated heterocycles. The molecule has 1 saturated carbocycles. The highest BCUT2D eigenvalue weighted by atomic mass is 16.5. The first-order valence-corrected chi connectivity index (χ1v) is 9.67. The number of piperidine rings is 1. The molecule has 2 aliphatic rings. The minimum Gasteiger partial charge on any atom is -0.377 e. The van der Waals surface area contributed by atoms with Crippen molar-refractivity contribution < 1.29 is 14.2 Å². The maximum atomic E-state index is 6.36. The molecule has 1 aliphatic heterocycles. The van der Waals surface area contributed by atoms with Crippen molar-refractivity contribution in [2.75, 3.05) is 26.2 Å². The van der Waals surface area contributed by atoms with Gasteiger partial charge in [-0.25, -0.2) is 0 Å². The Hall–Kier alpha value is -0.160. The summed E-state index contributed by atoms with van der Waals surface area (Å²) >= 11 is 0. The number of hydrogen-bond donors (Lipinski definition) is 0. The van der Waals surface area contributed by atoms with Gasteiger partial charge in [-0.2, -0.15) is 0 Å². The normalized spacial score (nSPS) is 27.9. The molecule has 2 rings (SSSR count). The van der Waals surface area contributed by atoms with Gasteiger partial charge in [0.1, 0.15) is 0 Å². The predicted molar refractivity (Wildman–Crippen MR) is 93.9 cm³/mol. The van der Waals surface area contributed by atoms with Crippen LogP contribution >= 0.6 is 0 Å². The summed E-state index contributed by atoms with van der Waals surface area (Å²) in [6.07, 6.45) is 9.06. The Bertz CT molecular complexity index is 306. The third-order valence-electron chi connectivity index (χ3n) is 4.86. The highest BCUT2D eigenvalue weighted by Gasteiger charge is 2.27. The number of ether oxygens (including phenoxy) is 3. The lowest BCUT2D eigenvalue weighted by molar-refractivity contribution is -0.0873. The van der Waals surface area contributed by atoms with Crippen LogP contribution in [0.1, 0.15) is 66.2 Å². The minimum absolute atomic E-state index is 0.339. The first kappa shape index (κ1) is 19.2. The lowest BCUT2D eigenvalue weighted by Gasteiger charge is -2.36. The number of nitrogens with zero attached hydrogens (tertiary/aromatic N) is 1. The van der Waals surface area contributed by atoms with Gasteiger partial charge < -0.3 is 19.1 Å². The Kier molecular flexibility index (Phi) is 8.31. The van der Waals surface area contributed by atoms with Crippen LogP contribution in [0.3, 0.4) is 0 Å². The van der Waals surface area contributed by atoms with Crippen molar-refractivity contribution in [3.8, 4) is 0 Å². The van der Waals surface area contributed by atoms with Gasteiger partial charge in [0.05, 0.1) is 37.1 Å². The van der Waals surface area contributed by atoms with E-state index in [1.165, 1.54) is 25.7 Å². The molecule has 1 aliphatic carbocycles. The Morgan fingerprint density at radius 2 is 1.35 bits per heavy atom. The molecule has 0 bridgehead atoms. The van der Waals surface area contributed by atoms with Crippen molar-refractivity contribution in [1.82, 2.24) is 4.90 Å². The van der Waals surface area contributed by atoms with Gasteiger partial charge >= 0.3 is 0 Å². The van der Waals surface area contributed by atoms with Gasteiger partial charge in [0, 0.05) is 19.6 Å². The molecule has 136 valence electrons. The predicted octanol–water partition coefficient (Wildman–Crippen LogP) is 3.63. The maximum Gasteiger partial charge on any atom is 0.0603 e. The standard InChI is InChI=1S/C19H37NO3/c1-15(2)21-14-13-20-11-9-19(10-12-20)23-18-7-5-17(6-8-18)22-16(3)4/h15-19H,5-14H2,1-4H3. The molecule has 0 aromatic heterocycles. The molecule has 23 heavy (non-hydrogen) atoms. The number of likely N-dealkylation sites (tertiary alicyclic amines) is 1. The molecule has 0 radical (unpaired) electrons. The SMILES string of the molecule is CC(C)OCCN1CCC(OC2CCC(OC(C)C)CC2)CC1. The van der Waals surface area contributed by atoms with Gasteiger partial charge in [-0.1, -0.05) is 0 Å². The molecule has 0 unspecified atom stereocenters. The fraction of sp³-hybridized carbons (Fsp3) is 1.00. The van der Waals surface area contributed by atoms with E-state index >= 15 is 0 Å². The van der Waals surface area contributed by atoms with E-state index in [0.717, 1.165) is 39.1 Å². The third-order valence-corrected chi connectivity index (χ3v) is 4.86. The van der Waals surface area contributed by atoms with Crippen LogP contribution in [-0.2, 0) is 14.2 Å². The molecule has 4 nitrogen and oxygen atoms in total. The first-order valence-electron chi connectivity index (χ1n) is 9.67. The molecule has 0 N–H and O–H groups in total. The van der Waals surface area contributed by atoms with E-state index < -0.39 is 0 Å². The average Bonchev–Trinajstić information content (AvgIpc) is 2.50. The summed E-state index contributed by atoms with van der Waals surface area (Å²) in [6, 6.07) is 0. The van der Waals surface area contributed by atoms with Crippen molar-refractivity contribution in [1.29, 1.82) is 0 Å². The summed E-state index contributed by atoms with van der Waals surface area (Å²) in [5, 5.41) is 0. The van der Waals surface area contributed by atoms with Crippen molar-refractivity contribution in [3.05, 3.63) is 0 Å². The van der Waals surface area contributed by atoms with Crippen molar-refractivity contribution >= 4 is 0 Å². The van der Waals surface area contributed by atoms with Crippen LogP contribution in [-0.4, -0.2) is 61.7 Å². The van der Waals surface area contributed by atoms with E-state index in [2.05, 4.69) is 32.6 Å². The molecule has 1 heterocycles. The summed E-state index contributed by atoms with van der Waals surface area (Å²) in [5.74, 6) is 0. The van der Waals surface area contributed by atoms with Crippen molar-refractivity contribution in [2.45, 2.75) is 96.7 Å². The van der Waals surface area contributed by atoms with Gasteiger partial charge in [0.2, 0.25) is 0 Å². The second kappa shape index (κ2) is 9.97. The fourth-order valence-electron chi connectivity index (χ4n) is 3.65. The topological polar surface area (TPSA) is 30.9 Å². The zero-order valence-corrected chi connectivity index (χ0v) is 15.6. The zero-order valence-electron chi connectivity index (χ0n) is 15.6. The van der Waals surface area contributed by atoms with E-state index in [0.29, 0.717) is 30.5 Å². The second-order valence-corrected chi connectivity index (χ2v) is 7.68. The molecular formula is C19H37NO3. The largest absolute Gasteiger partial charge is 0.377 e. The Balaban J connectivity index is 1.56. The van der Waals surface area contributed by atoms with Gasteiger partial charge in [-0.3, -0.25) is 0 Å². The van der Waals surface area contributed by atoms with Gasteiger partial charge in [-0.05, 0) is 66.2 Å². The summed E-state index contributed by atoms with van der Waals surface area (Å²) in [4.78, 5) is 2.51. The molecular weight excluding hydrogens is 290 g/mol. The van der Waals surface area contributed by atoms with E-state index in [1.54, 1.807) is 0 Å². The zero-order chi connectivity index (χ0) is 16.7. The fourth-order valence-corrected chi connectivity index (χ4v) is 3.65. The lowest BCUT2D eigenvalue weighted by atomic mass is 9.94. The lowest BCUT2D eigenvalue weighted by Crippen LogP contribution is -2.41. The smallest absolute Gasteiger partial charge is 0.0603 e. The van der Waals surface area contributed by atoms with Crippen LogP contribution in [0.25, 0.3) is 0 Å². The van der Waals surface area contributed by atoms with E-state index in [4.69, 9.17) is 14.2 Å².